The largest absolute Gasteiger partial charge is 0.478 e. The second kappa shape index (κ2) is 6.19. The Morgan fingerprint density at radius 1 is 1.32 bits per heavy atom. The third-order valence-electron chi connectivity index (χ3n) is 2.63. The molecular formula is C13H18N2O4. The van der Waals surface area contributed by atoms with Crippen molar-refractivity contribution in [2.24, 2.45) is 0 Å². The second-order valence-electron chi connectivity index (χ2n) is 4.62. The molecular weight excluding hydrogens is 248 g/mol. The zero-order chi connectivity index (χ0) is 14.5. The van der Waals surface area contributed by atoms with Crippen LogP contribution in [0.15, 0.2) is 24.3 Å². The van der Waals surface area contributed by atoms with E-state index in [4.69, 9.17) is 9.84 Å². The average Bonchev–Trinajstić information content (AvgIpc) is 2.37. The maximum Gasteiger partial charge on any atom is 0.337 e. The number of hydrogen-bond acceptors (Lipinski definition) is 3. The minimum Gasteiger partial charge on any atom is -0.478 e. The molecule has 0 unspecified atom stereocenters. The topological polar surface area (TPSA) is 87.7 Å². The lowest BCUT2D eigenvalue weighted by atomic mass is 10.1. The number of carbonyl (C=O) groups is 2. The molecule has 1 rings (SSSR count). The summed E-state index contributed by atoms with van der Waals surface area (Å²) in [6, 6.07) is 5.74. The van der Waals surface area contributed by atoms with Crippen LogP contribution >= 0.6 is 0 Å². The first-order valence-corrected chi connectivity index (χ1v) is 5.78. The summed E-state index contributed by atoms with van der Waals surface area (Å²) >= 11 is 0. The van der Waals surface area contributed by atoms with Crippen LogP contribution in [0, 0.1) is 0 Å². The van der Waals surface area contributed by atoms with Crippen LogP contribution in [0.4, 0.5) is 10.5 Å². The van der Waals surface area contributed by atoms with Gasteiger partial charge in [0, 0.05) is 13.7 Å². The summed E-state index contributed by atoms with van der Waals surface area (Å²) < 4.78 is 5.16. The molecule has 3 N–H and O–H groups in total. The number of para-hydroxylation sites is 1. The molecule has 0 saturated heterocycles. The molecule has 6 heteroatoms. The molecule has 0 radical (unpaired) electrons. The van der Waals surface area contributed by atoms with Gasteiger partial charge in [-0.2, -0.15) is 0 Å². The van der Waals surface area contributed by atoms with Crippen molar-refractivity contribution in [3.05, 3.63) is 29.8 Å². The van der Waals surface area contributed by atoms with Gasteiger partial charge in [0.15, 0.2) is 0 Å². The van der Waals surface area contributed by atoms with Crippen LogP contribution in [0.2, 0.25) is 0 Å². The van der Waals surface area contributed by atoms with Gasteiger partial charge in [-0.25, -0.2) is 9.59 Å². The SMILES string of the molecule is COC(C)(C)CNC(=O)Nc1ccccc1C(=O)O. The number of methoxy groups -OCH3 is 1. The van der Waals surface area contributed by atoms with Gasteiger partial charge in [-0.15, -0.1) is 0 Å². The summed E-state index contributed by atoms with van der Waals surface area (Å²) in [6.07, 6.45) is 0. The average molecular weight is 266 g/mol. The third-order valence-corrected chi connectivity index (χ3v) is 2.63. The Morgan fingerprint density at radius 3 is 2.53 bits per heavy atom. The number of hydrogen-bond donors (Lipinski definition) is 3. The van der Waals surface area contributed by atoms with Gasteiger partial charge in [0.2, 0.25) is 0 Å². The highest BCUT2D eigenvalue weighted by Crippen LogP contribution is 2.14. The molecule has 0 atom stereocenters. The number of anilines is 1. The minimum absolute atomic E-state index is 0.0450. The smallest absolute Gasteiger partial charge is 0.337 e. The molecule has 0 aliphatic heterocycles. The molecule has 19 heavy (non-hydrogen) atoms. The Morgan fingerprint density at radius 2 is 1.95 bits per heavy atom. The predicted molar refractivity (Wildman–Crippen MR) is 71.5 cm³/mol. The fraction of sp³-hybridized carbons (Fsp3) is 0.385. The molecule has 104 valence electrons. The number of rotatable bonds is 5. The predicted octanol–water partition coefficient (Wildman–Crippen LogP) is 1.93. The molecule has 0 heterocycles. The fourth-order valence-corrected chi connectivity index (χ4v) is 1.31. The van der Waals surface area contributed by atoms with Gasteiger partial charge in [-0.3, -0.25) is 0 Å². The first-order valence-electron chi connectivity index (χ1n) is 5.78. The van der Waals surface area contributed by atoms with E-state index < -0.39 is 17.6 Å². The highest BCUT2D eigenvalue weighted by atomic mass is 16.5. The monoisotopic (exact) mass is 266 g/mol. The van der Waals surface area contributed by atoms with Gasteiger partial charge in [-0.1, -0.05) is 12.1 Å². The van der Waals surface area contributed by atoms with E-state index in [2.05, 4.69) is 10.6 Å². The number of benzene rings is 1. The molecule has 2 amide bonds. The molecule has 0 spiro atoms. The van der Waals surface area contributed by atoms with Crippen molar-refractivity contribution in [1.29, 1.82) is 0 Å². The summed E-state index contributed by atoms with van der Waals surface area (Å²) in [5, 5.41) is 14.1. The van der Waals surface area contributed by atoms with Crippen molar-refractivity contribution in [3.8, 4) is 0 Å². The van der Waals surface area contributed by atoms with Crippen molar-refractivity contribution >= 4 is 17.7 Å². The molecule has 1 aromatic rings. The molecule has 0 bridgehead atoms. The van der Waals surface area contributed by atoms with E-state index in [9.17, 15) is 9.59 Å². The van der Waals surface area contributed by atoms with Gasteiger partial charge in [0.25, 0.3) is 0 Å². The first kappa shape index (κ1) is 15.0. The summed E-state index contributed by atoms with van der Waals surface area (Å²) in [5.41, 5.74) is -0.185. The van der Waals surface area contributed by atoms with Crippen LogP contribution in [0.5, 0.6) is 0 Å². The number of carbonyl (C=O) groups excluding carboxylic acids is 1. The van der Waals surface area contributed by atoms with Crippen LogP contribution in [0.25, 0.3) is 0 Å². The van der Waals surface area contributed by atoms with Gasteiger partial charge in [0.05, 0.1) is 16.9 Å². The Labute approximate surface area is 111 Å². The van der Waals surface area contributed by atoms with Crippen LogP contribution in [-0.4, -0.2) is 36.4 Å². The molecule has 0 aliphatic carbocycles. The maximum absolute atomic E-state index is 11.7. The number of ether oxygens (including phenoxy) is 1. The van der Waals surface area contributed by atoms with Gasteiger partial charge in [-0.05, 0) is 26.0 Å². The Kier molecular flexibility index (Phi) is 4.88. The number of amides is 2. The number of urea groups is 1. The van der Waals surface area contributed by atoms with Gasteiger partial charge >= 0.3 is 12.0 Å². The Balaban J connectivity index is 2.65. The van der Waals surface area contributed by atoms with Crippen LogP contribution < -0.4 is 10.6 Å². The van der Waals surface area contributed by atoms with E-state index in [-0.39, 0.29) is 11.3 Å². The molecule has 1 aromatic carbocycles. The second-order valence-corrected chi connectivity index (χ2v) is 4.62. The standard InChI is InChI=1S/C13H18N2O4/c1-13(2,19-3)8-14-12(18)15-10-7-5-4-6-9(10)11(16)17/h4-7H,8H2,1-3H3,(H,16,17)(H2,14,15,18). The lowest BCUT2D eigenvalue weighted by Gasteiger charge is -2.23. The summed E-state index contributed by atoms with van der Waals surface area (Å²) in [6.45, 7) is 3.97. The highest BCUT2D eigenvalue weighted by molar-refractivity contribution is 5.99. The molecule has 0 aromatic heterocycles. The first-order chi connectivity index (χ1) is 8.85. The number of carboxylic acid groups (broad SMARTS) is 1. The molecule has 0 aliphatic rings. The minimum atomic E-state index is -1.09. The molecule has 0 fully saturated rings. The van der Waals surface area contributed by atoms with Crippen molar-refractivity contribution in [3.63, 3.8) is 0 Å². The van der Waals surface area contributed by atoms with Crippen molar-refractivity contribution in [2.45, 2.75) is 19.4 Å². The Hall–Kier alpha value is -2.08. The van der Waals surface area contributed by atoms with E-state index in [1.165, 1.54) is 12.1 Å². The summed E-state index contributed by atoms with van der Waals surface area (Å²) in [5.74, 6) is -1.09. The fourth-order valence-electron chi connectivity index (χ4n) is 1.31. The van der Waals surface area contributed by atoms with Gasteiger partial charge in [0.1, 0.15) is 0 Å². The number of carboxylic acids is 1. The van der Waals surface area contributed by atoms with Crippen molar-refractivity contribution in [1.82, 2.24) is 5.32 Å². The Bertz CT molecular complexity index is 471. The normalized spacial score (nSPS) is 10.9. The number of aromatic carboxylic acids is 1. The summed E-state index contributed by atoms with van der Waals surface area (Å²) in [7, 11) is 1.55. The lowest BCUT2D eigenvalue weighted by molar-refractivity contribution is 0.0257. The quantitative estimate of drug-likeness (QED) is 0.760. The van der Waals surface area contributed by atoms with Gasteiger partial charge < -0.3 is 20.5 Å². The van der Waals surface area contributed by atoms with E-state index >= 15 is 0 Å². The van der Waals surface area contributed by atoms with Crippen LogP contribution in [-0.2, 0) is 4.74 Å². The summed E-state index contributed by atoms with van der Waals surface area (Å²) in [4.78, 5) is 22.7. The van der Waals surface area contributed by atoms with E-state index in [1.54, 1.807) is 19.2 Å². The zero-order valence-corrected chi connectivity index (χ0v) is 11.2. The van der Waals surface area contributed by atoms with E-state index in [1.807, 2.05) is 13.8 Å². The van der Waals surface area contributed by atoms with Crippen LogP contribution in [0.1, 0.15) is 24.2 Å². The van der Waals surface area contributed by atoms with Crippen LogP contribution in [0.3, 0.4) is 0 Å². The van der Waals surface area contributed by atoms with Crippen molar-refractivity contribution < 1.29 is 19.4 Å². The molecule has 0 saturated carbocycles. The highest BCUT2D eigenvalue weighted by Gasteiger charge is 2.18. The lowest BCUT2D eigenvalue weighted by Crippen LogP contribution is -2.41. The van der Waals surface area contributed by atoms with Crippen molar-refractivity contribution in [2.75, 3.05) is 19.0 Å². The number of nitrogens with one attached hydrogen (secondary N) is 2. The maximum atomic E-state index is 11.7. The third kappa shape index (κ3) is 4.59. The molecule has 6 nitrogen and oxygen atoms in total. The zero-order valence-electron chi connectivity index (χ0n) is 11.2. The van der Waals surface area contributed by atoms with E-state index in [0.717, 1.165) is 0 Å². The van der Waals surface area contributed by atoms with E-state index in [0.29, 0.717) is 6.54 Å².